The monoisotopic (exact) mass is 501 g/mol. The van der Waals surface area contributed by atoms with Crippen molar-refractivity contribution < 1.29 is 23.8 Å². The molecule has 0 N–H and O–H groups in total. The number of morpholine rings is 1. The quantitative estimate of drug-likeness (QED) is 0.597. The fourth-order valence-electron chi connectivity index (χ4n) is 5.97. The first-order chi connectivity index (χ1) is 17.2. The van der Waals surface area contributed by atoms with E-state index in [0.29, 0.717) is 31.3 Å². The summed E-state index contributed by atoms with van der Waals surface area (Å²) in [6.07, 6.45) is 3.74. The van der Waals surface area contributed by atoms with Gasteiger partial charge in [0.05, 0.1) is 24.4 Å². The predicted molar refractivity (Wildman–Crippen MR) is 138 cm³/mol. The van der Waals surface area contributed by atoms with Crippen LogP contribution in [0.2, 0.25) is 0 Å². The van der Waals surface area contributed by atoms with Crippen LogP contribution in [0.5, 0.6) is 5.75 Å². The van der Waals surface area contributed by atoms with Crippen LogP contribution in [0.15, 0.2) is 18.2 Å². The molecule has 2 amide bonds. The third-order valence-electron chi connectivity index (χ3n) is 7.87. The van der Waals surface area contributed by atoms with E-state index in [0.717, 1.165) is 63.2 Å². The van der Waals surface area contributed by atoms with Gasteiger partial charge in [-0.15, -0.1) is 0 Å². The molecular weight excluding hydrogens is 458 g/mol. The maximum absolute atomic E-state index is 13.3. The number of hydrogen-bond donors (Lipinski definition) is 0. The maximum atomic E-state index is 13.3. The van der Waals surface area contributed by atoms with Gasteiger partial charge in [-0.25, -0.2) is 0 Å². The Labute approximate surface area is 215 Å². The second kappa shape index (κ2) is 11.5. The number of likely N-dealkylation sites (tertiary alicyclic amines) is 2. The Morgan fingerprint density at radius 3 is 2.39 bits per heavy atom. The summed E-state index contributed by atoms with van der Waals surface area (Å²) in [7, 11) is 1.72. The SMILES string of the molecule is COCC1CN(C2CCN(C(C)=O)CC2)CC2(CCN(C(=O)c3ccc(OC(C)C)c(C)c3)CC2)O1. The second-order valence-corrected chi connectivity index (χ2v) is 11.0. The highest BCUT2D eigenvalue weighted by Crippen LogP contribution is 2.35. The van der Waals surface area contributed by atoms with E-state index in [2.05, 4.69) is 4.90 Å². The number of hydrogen-bond acceptors (Lipinski definition) is 6. The van der Waals surface area contributed by atoms with Crippen LogP contribution in [0.25, 0.3) is 0 Å². The molecule has 1 atom stereocenters. The molecule has 0 aromatic heterocycles. The Bertz CT molecular complexity index is 920. The van der Waals surface area contributed by atoms with Crippen LogP contribution < -0.4 is 4.74 Å². The van der Waals surface area contributed by atoms with Crippen molar-refractivity contribution in [3.63, 3.8) is 0 Å². The van der Waals surface area contributed by atoms with Gasteiger partial charge in [0, 0.05) is 64.9 Å². The first-order valence-corrected chi connectivity index (χ1v) is 13.4. The molecule has 0 saturated carbocycles. The number of aryl methyl sites for hydroxylation is 1. The molecule has 3 aliphatic rings. The Balaban J connectivity index is 1.39. The van der Waals surface area contributed by atoms with E-state index in [1.165, 1.54) is 0 Å². The molecule has 36 heavy (non-hydrogen) atoms. The van der Waals surface area contributed by atoms with Crippen LogP contribution in [0.1, 0.15) is 62.4 Å². The molecule has 8 heteroatoms. The van der Waals surface area contributed by atoms with Gasteiger partial charge >= 0.3 is 0 Å². The van der Waals surface area contributed by atoms with Gasteiger partial charge in [0.15, 0.2) is 0 Å². The van der Waals surface area contributed by atoms with Crippen molar-refractivity contribution in [2.24, 2.45) is 0 Å². The number of carbonyl (C=O) groups excluding carboxylic acids is 2. The molecule has 4 rings (SSSR count). The van der Waals surface area contributed by atoms with E-state index < -0.39 is 0 Å². The van der Waals surface area contributed by atoms with Gasteiger partial charge in [0.1, 0.15) is 5.75 Å². The normalized spacial score (nSPS) is 23.3. The van der Waals surface area contributed by atoms with E-state index in [9.17, 15) is 9.59 Å². The van der Waals surface area contributed by atoms with Gasteiger partial charge in [-0.3, -0.25) is 14.5 Å². The Kier molecular flexibility index (Phi) is 8.58. The zero-order valence-electron chi connectivity index (χ0n) is 22.6. The van der Waals surface area contributed by atoms with Crippen molar-refractivity contribution in [3.05, 3.63) is 29.3 Å². The summed E-state index contributed by atoms with van der Waals surface area (Å²) in [5.74, 6) is 1.06. The third kappa shape index (κ3) is 6.21. The van der Waals surface area contributed by atoms with Gasteiger partial charge in [-0.05, 0) is 70.2 Å². The third-order valence-corrected chi connectivity index (χ3v) is 7.87. The number of piperidine rings is 2. The molecule has 3 fully saturated rings. The van der Waals surface area contributed by atoms with Gasteiger partial charge in [0.2, 0.25) is 5.91 Å². The Hall–Kier alpha value is -2.16. The van der Waals surface area contributed by atoms with Crippen molar-refractivity contribution in [1.29, 1.82) is 0 Å². The summed E-state index contributed by atoms with van der Waals surface area (Å²) >= 11 is 0. The largest absolute Gasteiger partial charge is 0.491 e. The number of ether oxygens (including phenoxy) is 3. The fourth-order valence-corrected chi connectivity index (χ4v) is 5.97. The molecule has 200 valence electrons. The molecule has 1 spiro atoms. The van der Waals surface area contributed by atoms with E-state index in [1.807, 2.05) is 48.8 Å². The molecule has 1 unspecified atom stereocenters. The average molecular weight is 502 g/mol. The topological polar surface area (TPSA) is 71.6 Å². The van der Waals surface area contributed by atoms with Crippen molar-refractivity contribution in [1.82, 2.24) is 14.7 Å². The van der Waals surface area contributed by atoms with E-state index in [-0.39, 0.29) is 29.6 Å². The van der Waals surface area contributed by atoms with Crippen LogP contribution in [0.4, 0.5) is 0 Å². The fraction of sp³-hybridized carbons (Fsp3) is 0.714. The number of amides is 2. The van der Waals surface area contributed by atoms with Crippen LogP contribution in [0.3, 0.4) is 0 Å². The summed E-state index contributed by atoms with van der Waals surface area (Å²) < 4.78 is 18.0. The lowest BCUT2D eigenvalue weighted by atomic mass is 9.86. The minimum absolute atomic E-state index is 0.0213. The number of nitrogens with zero attached hydrogens (tertiary/aromatic N) is 3. The molecule has 0 bridgehead atoms. The molecule has 3 saturated heterocycles. The molecule has 3 heterocycles. The lowest BCUT2D eigenvalue weighted by Crippen LogP contribution is -2.63. The Morgan fingerprint density at radius 2 is 1.81 bits per heavy atom. The predicted octanol–water partition coefficient (Wildman–Crippen LogP) is 3.12. The summed E-state index contributed by atoms with van der Waals surface area (Å²) in [6, 6.07) is 6.17. The van der Waals surface area contributed by atoms with Crippen molar-refractivity contribution in [3.8, 4) is 5.75 Å². The highest BCUT2D eigenvalue weighted by Gasteiger charge is 2.45. The van der Waals surface area contributed by atoms with E-state index in [1.54, 1.807) is 14.0 Å². The number of benzene rings is 1. The number of rotatable bonds is 6. The van der Waals surface area contributed by atoms with Gasteiger partial charge in [-0.2, -0.15) is 0 Å². The maximum Gasteiger partial charge on any atom is 0.253 e. The molecule has 0 aliphatic carbocycles. The minimum Gasteiger partial charge on any atom is -0.491 e. The molecule has 8 nitrogen and oxygen atoms in total. The number of methoxy groups -OCH3 is 1. The average Bonchev–Trinajstić information content (AvgIpc) is 2.85. The van der Waals surface area contributed by atoms with Crippen molar-refractivity contribution in [2.45, 2.75) is 77.2 Å². The van der Waals surface area contributed by atoms with Gasteiger partial charge < -0.3 is 24.0 Å². The summed E-state index contributed by atoms with van der Waals surface area (Å²) in [6.45, 7) is 12.9. The van der Waals surface area contributed by atoms with E-state index in [4.69, 9.17) is 14.2 Å². The van der Waals surface area contributed by atoms with Crippen LogP contribution >= 0.6 is 0 Å². The van der Waals surface area contributed by atoms with Gasteiger partial charge in [0.25, 0.3) is 5.91 Å². The number of carbonyl (C=O) groups is 2. The Morgan fingerprint density at radius 1 is 1.11 bits per heavy atom. The summed E-state index contributed by atoms with van der Waals surface area (Å²) in [4.78, 5) is 31.5. The smallest absolute Gasteiger partial charge is 0.253 e. The molecule has 1 aromatic rings. The first kappa shape index (κ1) is 26.9. The van der Waals surface area contributed by atoms with Crippen LogP contribution in [-0.4, -0.2) is 103 Å². The molecule has 3 aliphatic heterocycles. The highest BCUT2D eigenvalue weighted by molar-refractivity contribution is 5.94. The minimum atomic E-state index is -0.263. The molecule has 1 aromatic carbocycles. The van der Waals surface area contributed by atoms with E-state index >= 15 is 0 Å². The van der Waals surface area contributed by atoms with Crippen molar-refractivity contribution >= 4 is 11.8 Å². The first-order valence-electron chi connectivity index (χ1n) is 13.4. The molecule has 0 radical (unpaired) electrons. The van der Waals surface area contributed by atoms with Crippen molar-refractivity contribution in [2.75, 3.05) is 53.0 Å². The molecular formula is C28H43N3O5. The highest BCUT2D eigenvalue weighted by atomic mass is 16.5. The lowest BCUT2D eigenvalue weighted by molar-refractivity contribution is -0.193. The zero-order valence-corrected chi connectivity index (χ0v) is 22.6. The zero-order chi connectivity index (χ0) is 25.9. The second-order valence-electron chi connectivity index (χ2n) is 11.0. The summed E-state index contributed by atoms with van der Waals surface area (Å²) in [5, 5.41) is 0. The summed E-state index contributed by atoms with van der Waals surface area (Å²) in [5.41, 5.74) is 1.42. The lowest BCUT2D eigenvalue weighted by Gasteiger charge is -2.52. The van der Waals surface area contributed by atoms with Gasteiger partial charge in [-0.1, -0.05) is 0 Å². The standard InChI is InChI=1S/C28H43N3O5/c1-20(2)35-26-7-6-23(16-21(26)3)27(33)30-14-10-28(11-15-30)19-31(17-25(36-28)18-34-5)24-8-12-29(13-9-24)22(4)32/h6-7,16,20,24-25H,8-15,17-19H2,1-5H3. The van der Waals surface area contributed by atoms with Crippen LogP contribution in [0, 0.1) is 6.92 Å². The van der Waals surface area contributed by atoms with Crippen LogP contribution in [-0.2, 0) is 14.3 Å².